The molecule has 1 aromatic carbocycles. The van der Waals surface area contributed by atoms with E-state index >= 15 is 0 Å². The maximum Gasteiger partial charge on any atom is 0.251 e. The Kier molecular flexibility index (Phi) is 4.86. The molecule has 0 saturated carbocycles. The Morgan fingerprint density at radius 3 is 3.00 bits per heavy atom. The number of hydrogen-bond acceptors (Lipinski definition) is 2. The molecule has 2 N–H and O–H groups in total. The Morgan fingerprint density at radius 1 is 1.56 bits per heavy atom. The first-order chi connectivity index (χ1) is 8.58. The predicted molar refractivity (Wildman–Crippen MR) is 82.1 cm³/mol. The van der Waals surface area contributed by atoms with Crippen molar-refractivity contribution >= 4 is 40.1 Å². The minimum absolute atomic E-state index is 0.0474. The van der Waals surface area contributed by atoms with Crippen LogP contribution in [0, 0.1) is 9.49 Å². The van der Waals surface area contributed by atoms with Crippen molar-refractivity contribution in [3.63, 3.8) is 0 Å². The molecule has 1 fully saturated rings. The zero-order valence-corrected chi connectivity index (χ0v) is 13.1. The monoisotopic (exact) mass is 378 g/mol. The molecule has 0 radical (unpaired) electrons. The molecule has 2 rings (SSSR count). The highest BCUT2D eigenvalue weighted by Crippen LogP contribution is 2.20. The summed E-state index contributed by atoms with van der Waals surface area (Å²) in [5.74, 6) is 0.461. The molecule has 0 bridgehead atoms. The number of benzene rings is 1. The lowest BCUT2D eigenvalue weighted by atomic mass is 9.94. The molecule has 1 aromatic rings. The highest BCUT2D eigenvalue weighted by atomic mass is 127. The van der Waals surface area contributed by atoms with Gasteiger partial charge in [-0.25, -0.2) is 0 Å². The number of halogens is 2. The van der Waals surface area contributed by atoms with E-state index in [1.54, 1.807) is 6.07 Å². The van der Waals surface area contributed by atoms with Crippen molar-refractivity contribution in [2.24, 2.45) is 5.92 Å². The molecule has 98 valence electrons. The average Bonchev–Trinajstić information content (AvgIpc) is 2.35. The van der Waals surface area contributed by atoms with Gasteiger partial charge >= 0.3 is 0 Å². The summed E-state index contributed by atoms with van der Waals surface area (Å²) in [6.07, 6.45) is 1.10. The molecule has 1 aliphatic heterocycles. The summed E-state index contributed by atoms with van der Waals surface area (Å²) < 4.78 is 0.957. The lowest BCUT2D eigenvalue weighted by Crippen LogP contribution is -2.50. The average molecular weight is 379 g/mol. The first-order valence-corrected chi connectivity index (χ1v) is 7.50. The van der Waals surface area contributed by atoms with Crippen LogP contribution in [-0.2, 0) is 0 Å². The first-order valence-electron chi connectivity index (χ1n) is 6.04. The number of rotatable bonds is 2. The van der Waals surface area contributed by atoms with E-state index in [2.05, 4.69) is 40.1 Å². The van der Waals surface area contributed by atoms with Crippen LogP contribution in [-0.4, -0.2) is 25.0 Å². The molecule has 2 unspecified atom stereocenters. The van der Waals surface area contributed by atoms with Crippen LogP contribution in [0.2, 0.25) is 5.02 Å². The van der Waals surface area contributed by atoms with Crippen LogP contribution in [0.25, 0.3) is 0 Å². The van der Waals surface area contributed by atoms with Gasteiger partial charge in [0.05, 0.1) is 5.02 Å². The van der Waals surface area contributed by atoms with Gasteiger partial charge in [-0.05, 0) is 59.7 Å². The Hall–Kier alpha value is -0.330. The standard InChI is InChI=1S/C13H16ClIN2O/c1-8-4-5-16-7-12(8)17-13(18)9-2-3-11(15)10(14)6-9/h2-3,6,8,12,16H,4-5,7H2,1H3,(H,17,18). The quantitative estimate of drug-likeness (QED) is 0.777. The zero-order valence-electron chi connectivity index (χ0n) is 10.2. The van der Waals surface area contributed by atoms with Gasteiger partial charge in [-0.1, -0.05) is 18.5 Å². The largest absolute Gasteiger partial charge is 0.348 e. The second-order valence-electron chi connectivity index (χ2n) is 4.68. The maximum atomic E-state index is 12.1. The van der Waals surface area contributed by atoms with Crippen molar-refractivity contribution < 1.29 is 4.79 Å². The highest BCUT2D eigenvalue weighted by Gasteiger charge is 2.23. The third kappa shape index (κ3) is 3.36. The van der Waals surface area contributed by atoms with Gasteiger partial charge in [-0.2, -0.15) is 0 Å². The minimum Gasteiger partial charge on any atom is -0.348 e. The number of carbonyl (C=O) groups excluding carboxylic acids is 1. The topological polar surface area (TPSA) is 41.1 Å². The van der Waals surface area contributed by atoms with Crippen LogP contribution < -0.4 is 10.6 Å². The van der Waals surface area contributed by atoms with Gasteiger partial charge in [-0.15, -0.1) is 0 Å². The third-order valence-electron chi connectivity index (χ3n) is 3.33. The van der Waals surface area contributed by atoms with E-state index in [0.717, 1.165) is 23.1 Å². The summed E-state index contributed by atoms with van der Waals surface area (Å²) in [6, 6.07) is 5.59. The van der Waals surface area contributed by atoms with Gasteiger partial charge in [0.15, 0.2) is 0 Å². The Balaban J connectivity index is 2.04. The Morgan fingerprint density at radius 2 is 2.33 bits per heavy atom. The van der Waals surface area contributed by atoms with Gasteiger partial charge in [0.25, 0.3) is 5.91 Å². The SMILES string of the molecule is CC1CCNCC1NC(=O)c1ccc(I)c(Cl)c1. The fourth-order valence-corrected chi connectivity index (χ4v) is 2.59. The predicted octanol–water partition coefficient (Wildman–Crippen LogP) is 2.67. The second kappa shape index (κ2) is 6.21. The molecule has 1 heterocycles. The molecule has 18 heavy (non-hydrogen) atoms. The van der Waals surface area contributed by atoms with Crippen LogP contribution in [0.15, 0.2) is 18.2 Å². The maximum absolute atomic E-state index is 12.1. The molecule has 1 saturated heterocycles. The summed E-state index contributed by atoms with van der Waals surface area (Å²) in [6.45, 7) is 4.04. The molecular weight excluding hydrogens is 363 g/mol. The number of nitrogens with one attached hydrogen (secondary N) is 2. The first kappa shape index (κ1) is 14.1. The van der Waals surface area contributed by atoms with Crippen molar-refractivity contribution in [3.8, 4) is 0 Å². The number of amides is 1. The van der Waals surface area contributed by atoms with E-state index in [1.807, 2.05) is 12.1 Å². The zero-order chi connectivity index (χ0) is 13.1. The van der Waals surface area contributed by atoms with Crippen molar-refractivity contribution in [3.05, 3.63) is 32.4 Å². The second-order valence-corrected chi connectivity index (χ2v) is 6.25. The molecule has 0 spiro atoms. The molecule has 3 nitrogen and oxygen atoms in total. The fourth-order valence-electron chi connectivity index (χ4n) is 2.07. The summed E-state index contributed by atoms with van der Waals surface area (Å²) in [5.41, 5.74) is 0.623. The molecule has 2 atom stereocenters. The Bertz CT molecular complexity index is 453. The number of carbonyl (C=O) groups is 1. The van der Waals surface area contributed by atoms with E-state index < -0.39 is 0 Å². The highest BCUT2D eigenvalue weighted by molar-refractivity contribution is 14.1. The molecule has 5 heteroatoms. The smallest absolute Gasteiger partial charge is 0.251 e. The van der Waals surface area contributed by atoms with Gasteiger partial charge in [0.2, 0.25) is 0 Å². The van der Waals surface area contributed by atoms with E-state index in [-0.39, 0.29) is 11.9 Å². The van der Waals surface area contributed by atoms with Gasteiger partial charge in [0, 0.05) is 21.7 Å². The van der Waals surface area contributed by atoms with Crippen molar-refractivity contribution in [2.45, 2.75) is 19.4 Å². The summed E-state index contributed by atoms with van der Waals surface area (Å²) in [5, 5.41) is 6.99. The molecular formula is C13H16ClIN2O. The molecule has 0 aromatic heterocycles. The fraction of sp³-hybridized carbons (Fsp3) is 0.462. The molecule has 1 amide bonds. The summed E-state index contributed by atoms with van der Waals surface area (Å²) in [7, 11) is 0. The van der Waals surface area contributed by atoms with Crippen molar-refractivity contribution in [1.82, 2.24) is 10.6 Å². The summed E-state index contributed by atoms with van der Waals surface area (Å²) >= 11 is 8.18. The summed E-state index contributed by atoms with van der Waals surface area (Å²) in [4.78, 5) is 12.1. The lowest BCUT2D eigenvalue weighted by Gasteiger charge is -2.30. The molecule has 1 aliphatic rings. The van der Waals surface area contributed by atoms with Crippen LogP contribution in [0.1, 0.15) is 23.7 Å². The van der Waals surface area contributed by atoms with E-state index in [4.69, 9.17) is 11.6 Å². The van der Waals surface area contributed by atoms with E-state index in [0.29, 0.717) is 16.5 Å². The van der Waals surface area contributed by atoms with Gasteiger partial charge < -0.3 is 10.6 Å². The lowest BCUT2D eigenvalue weighted by molar-refractivity contribution is 0.0915. The van der Waals surface area contributed by atoms with Crippen LogP contribution in [0.4, 0.5) is 0 Å². The van der Waals surface area contributed by atoms with Crippen molar-refractivity contribution in [2.75, 3.05) is 13.1 Å². The minimum atomic E-state index is -0.0474. The van der Waals surface area contributed by atoms with E-state index in [1.165, 1.54) is 0 Å². The van der Waals surface area contributed by atoms with Crippen LogP contribution in [0.5, 0.6) is 0 Å². The number of hydrogen-bond donors (Lipinski definition) is 2. The van der Waals surface area contributed by atoms with Crippen molar-refractivity contribution in [1.29, 1.82) is 0 Å². The van der Waals surface area contributed by atoms with Gasteiger partial charge in [0.1, 0.15) is 0 Å². The van der Waals surface area contributed by atoms with Gasteiger partial charge in [-0.3, -0.25) is 4.79 Å². The van der Waals surface area contributed by atoms with Crippen LogP contribution in [0.3, 0.4) is 0 Å². The van der Waals surface area contributed by atoms with E-state index in [9.17, 15) is 4.79 Å². The third-order valence-corrected chi connectivity index (χ3v) is 4.90. The number of piperidine rings is 1. The molecule has 0 aliphatic carbocycles. The normalized spacial score (nSPS) is 23.7. The van der Waals surface area contributed by atoms with Crippen LogP contribution >= 0.6 is 34.2 Å². The Labute approximate surface area is 126 Å².